The summed E-state index contributed by atoms with van der Waals surface area (Å²) in [5.41, 5.74) is 0. The summed E-state index contributed by atoms with van der Waals surface area (Å²) >= 11 is 0. The highest BCUT2D eigenvalue weighted by molar-refractivity contribution is 5.76. The molecule has 6 nitrogen and oxygen atoms in total. The monoisotopic (exact) mass is 1060 g/mol. The molecule has 0 aromatic rings. The van der Waals surface area contributed by atoms with Gasteiger partial charge in [0.05, 0.1) is 25.4 Å². The molecule has 0 radical (unpaired) electrons. The van der Waals surface area contributed by atoms with Crippen LogP contribution in [0.15, 0.2) is 24.3 Å². The van der Waals surface area contributed by atoms with E-state index in [1.54, 1.807) is 0 Å². The van der Waals surface area contributed by atoms with Gasteiger partial charge in [-0.05, 0) is 57.8 Å². The van der Waals surface area contributed by atoms with Crippen molar-refractivity contribution in [3.8, 4) is 0 Å². The van der Waals surface area contributed by atoms with Gasteiger partial charge in [-0.2, -0.15) is 0 Å². The molecule has 0 aromatic carbocycles. The summed E-state index contributed by atoms with van der Waals surface area (Å²) in [6, 6.07) is -0.544. The van der Waals surface area contributed by atoms with Crippen LogP contribution in [0.2, 0.25) is 0 Å². The fraction of sp³-hybridized carbons (Fsp3) is 0.913. The molecule has 0 bridgehead atoms. The zero-order chi connectivity index (χ0) is 54.3. The van der Waals surface area contributed by atoms with Crippen molar-refractivity contribution < 1.29 is 24.5 Å². The normalized spacial score (nSPS) is 12.6. The van der Waals surface area contributed by atoms with Crippen molar-refractivity contribution in [3.63, 3.8) is 0 Å². The minimum atomic E-state index is -0.667. The molecule has 2 unspecified atom stereocenters. The number of unbranched alkanes of at least 4 members (excludes halogenated alkanes) is 49. The first-order valence-corrected chi connectivity index (χ1v) is 34.1. The number of hydrogen-bond acceptors (Lipinski definition) is 5. The second-order valence-corrected chi connectivity index (χ2v) is 23.5. The van der Waals surface area contributed by atoms with Gasteiger partial charge in [-0.1, -0.05) is 334 Å². The fourth-order valence-electron chi connectivity index (χ4n) is 10.8. The molecule has 0 aliphatic carbocycles. The Morgan fingerprint density at radius 1 is 0.373 bits per heavy atom. The van der Waals surface area contributed by atoms with Crippen molar-refractivity contribution in [3.05, 3.63) is 24.3 Å². The van der Waals surface area contributed by atoms with Crippen LogP contribution in [-0.4, -0.2) is 47.4 Å². The Bertz CT molecular complexity index is 1170. The molecule has 6 heteroatoms. The summed E-state index contributed by atoms with van der Waals surface area (Å²) in [6.45, 7) is 4.98. The van der Waals surface area contributed by atoms with E-state index in [0.717, 1.165) is 44.9 Å². The molecule has 0 saturated heterocycles. The number of hydrogen-bond donors (Lipinski definition) is 3. The number of carbonyl (C=O) groups excluding carboxylic acids is 2. The molecule has 0 heterocycles. The molecular formula is C69H133NO5. The lowest BCUT2D eigenvalue weighted by molar-refractivity contribution is -0.143. The molecule has 0 aliphatic rings. The van der Waals surface area contributed by atoms with Crippen LogP contribution in [0.5, 0.6) is 0 Å². The largest absolute Gasteiger partial charge is 0.466 e. The van der Waals surface area contributed by atoms with Crippen molar-refractivity contribution in [1.82, 2.24) is 5.32 Å². The second kappa shape index (κ2) is 64.9. The second-order valence-electron chi connectivity index (χ2n) is 23.5. The van der Waals surface area contributed by atoms with E-state index in [4.69, 9.17) is 4.74 Å². The first-order chi connectivity index (χ1) is 37.0. The van der Waals surface area contributed by atoms with E-state index in [9.17, 15) is 19.8 Å². The van der Waals surface area contributed by atoms with Crippen LogP contribution in [0.4, 0.5) is 0 Å². The summed E-state index contributed by atoms with van der Waals surface area (Å²) < 4.78 is 5.47. The Labute approximate surface area is 469 Å². The third-order valence-corrected chi connectivity index (χ3v) is 16.0. The van der Waals surface area contributed by atoms with Crippen LogP contribution in [0.25, 0.3) is 0 Å². The molecule has 1 amide bonds. The Balaban J connectivity index is 3.42. The molecule has 444 valence electrons. The Morgan fingerprint density at radius 2 is 0.667 bits per heavy atom. The topological polar surface area (TPSA) is 95.9 Å². The average Bonchev–Trinajstić information content (AvgIpc) is 3.41. The van der Waals surface area contributed by atoms with Crippen molar-refractivity contribution in [2.75, 3.05) is 13.2 Å². The minimum Gasteiger partial charge on any atom is -0.466 e. The van der Waals surface area contributed by atoms with Crippen molar-refractivity contribution in [2.24, 2.45) is 0 Å². The zero-order valence-electron chi connectivity index (χ0n) is 50.8. The number of carbonyl (C=O) groups is 2. The summed E-state index contributed by atoms with van der Waals surface area (Å²) in [4.78, 5) is 24.5. The number of nitrogens with one attached hydrogen (secondary N) is 1. The average molecular weight is 1060 g/mol. The van der Waals surface area contributed by atoms with E-state index in [-0.39, 0.29) is 18.5 Å². The molecule has 2 atom stereocenters. The fourth-order valence-corrected chi connectivity index (χ4v) is 10.8. The van der Waals surface area contributed by atoms with Gasteiger partial charge in [-0.3, -0.25) is 9.59 Å². The number of aliphatic hydroxyl groups is 2. The maximum Gasteiger partial charge on any atom is 0.305 e. The Hall–Kier alpha value is -1.66. The van der Waals surface area contributed by atoms with Gasteiger partial charge in [0.2, 0.25) is 5.91 Å². The molecule has 0 fully saturated rings. The molecular weight excluding hydrogens is 923 g/mol. The van der Waals surface area contributed by atoms with Crippen molar-refractivity contribution >= 4 is 11.9 Å². The Kier molecular flexibility index (Phi) is 63.4. The van der Waals surface area contributed by atoms with Gasteiger partial charge in [0.25, 0.3) is 0 Å². The molecule has 0 aromatic heterocycles. The molecule has 75 heavy (non-hydrogen) atoms. The lowest BCUT2D eigenvalue weighted by Gasteiger charge is -2.22. The maximum atomic E-state index is 12.5. The molecule has 0 rings (SSSR count). The molecule has 0 saturated carbocycles. The highest BCUT2D eigenvalue weighted by atomic mass is 16.5. The van der Waals surface area contributed by atoms with Crippen LogP contribution in [0.1, 0.15) is 380 Å². The first-order valence-electron chi connectivity index (χ1n) is 34.1. The van der Waals surface area contributed by atoms with Gasteiger partial charge >= 0.3 is 5.97 Å². The minimum absolute atomic E-state index is 0.0109. The maximum absolute atomic E-state index is 12.5. The molecule has 3 N–H and O–H groups in total. The van der Waals surface area contributed by atoms with E-state index in [1.807, 2.05) is 0 Å². The van der Waals surface area contributed by atoms with Gasteiger partial charge in [-0.15, -0.1) is 0 Å². The standard InChI is InChI=1S/C69H133NO5/c1-3-5-7-9-11-13-15-16-17-18-19-29-32-35-38-42-45-49-53-57-61-67(72)66(65-71)70-68(73)62-58-54-50-46-43-39-36-33-30-27-25-23-21-20-22-24-26-28-31-34-37-40-44-48-52-56-60-64-75-69(74)63-59-55-51-47-41-14-12-10-8-6-4-2/h20-21,24,26,66-67,71-72H,3-19,22-23,25,27-65H2,1-2H3,(H,70,73)/b21-20-,26-24-. The smallest absolute Gasteiger partial charge is 0.305 e. The third-order valence-electron chi connectivity index (χ3n) is 16.0. The summed E-state index contributed by atoms with van der Waals surface area (Å²) in [7, 11) is 0. The molecule has 0 spiro atoms. The van der Waals surface area contributed by atoms with Gasteiger partial charge < -0.3 is 20.3 Å². The van der Waals surface area contributed by atoms with Crippen molar-refractivity contribution in [1.29, 1.82) is 0 Å². The SMILES string of the molecule is CCCCCCCCCCCCCCCCCCCCCCC(O)C(CO)NC(=O)CCCCCCCCCCCCC/C=C\C/C=C\CCCCCCCCCCCOC(=O)CCCCCCCCCCCCC. The van der Waals surface area contributed by atoms with E-state index in [0.29, 0.717) is 25.9 Å². The van der Waals surface area contributed by atoms with Gasteiger partial charge in [0.15, 0.2) is 0 Å². The van der Waals surface area contributed by atoms with Crippen LogP contribution in [0.3, 0.4) is 0 Å². The first kappa shape index (κ1) is 73.3. The van der Waals surface area contributed by atoms with Crippen LogP contribution >= 0.6 is 0 Å². The number of rotatable bonds is 64. The number of esters is 1. The van der Waals surface area contributed by atoms with E-state index < -0.39 is 12.1 Å². The lowest BCUT2D eigenvalue weighted by atomic mass is 10.0. The quantitative estimate of drug-likeness (QED) is 0.0320. The van der Waals surface area contributed by atoms with Crippen molar-refractivity contribution in [2.45, 2.75) is 392 Å². The third kappa shape index (κ3) is 61.4. The summed E-state index contributed by atoms with van der Waals surface area (Å²) in [5, 5.41) is 23.4. The summed E-state index contributed by atoms with van der Waals surface area (Å²) in [5.74, 6) is -0.0233. The van der Waals surface area contributed by atoms with E-state index in [1.165, 1.54) is 302 Å². The Morgan fingerprint density at radius 3 is 1.01 bits per heavy atom. The van der Waals surface area contributed by atoms with Gasteiger partial charge in [0.1, 0.15) is 0 Å². The van der Waals surface area contributed by atoms with E-state index >= 15 is 0 Å². The summed E-state index contributed by atoms with van der Waals surface area (Å²) in [6.07, 6.45) is 80.7. The number of amides is 1. The van der Waals surface area contributed by atoms with Crippen LogP contribution in [-0.2, 0) is 14.3 Å². The van der Waals surface area contributed by atoms with Gasteiger partial charge in [-0.25, -0.2) is 0 Å². The highest BCUT2D eigenvalue weighted by Gasteiger charge is 2.20. The van der Waals surface area contributed by atoms with Crippen LogP contribution in [0, 0.1) is 0 Å². The predicted octanol–water partition coefficient (Wildman–Crippen LogP) is 21.8. The van der Waals surface area contributed by atoms with Crippen LogP contribution < -0.4 is 5.32 Å². The molecule has 0 aliphatic heterocycles. The zero-order valence-corrected chi connectivity index (χ0v) is 50.8. The number of allylic oxidation sites excluding steroid dienone is 4. The highest BCUT2D eigenvalue weighted by Crippen LogP contribution is 2.18. The van der Waals surface area contributed by atoms with Gasteiger partial charge in [0, 0.05) is 12.8 Å². The number of aliphatic hydroxyl groups excluding tert-OH is 2. The lowest BCUT2D eigenvalue weighted by Crippen LogP contribution is -2.45. The van der Waals surface area contributed by atoms with E-state index in [2.05, 4.69) is 43.5 Å². The number of ether oxygens (including phenoxy) is 1. The predicted molar refractivity (Wildman–Crippen MR) is 329 cm³/mol.